The fourth-order valence-corrected chi connectivity index (χ4v) is 2.99. The molecule has 6 nitrogen and oxygen atoms in total. The van der Waals surface area contributed by atoms with Crippen molar-refractivity contribution >= 4 is 5.91 Å². The third-order valence-corrected chi connectivity index (χ3v) is 4.20. The molecule has 1 aliphatic rings. The number of rotatable bonds is 7. The third kappa shape index (κ3) is 5.09. The monoisotopic (exact) mass is 307 g/mol. The molecule has 1 aromatic heterocycles. The summed E-state index contributed by atoms with van der Waals surface area (Å²) in [6.45, 7) is 8.04. The van der Waals surface area contributed by atoms with Crippen LogP contribution in [-0.4, -0.2) is 45.2 Å². The lowest BCUT2D eigenvalue weighted by Crippen LogP contribution is -2.33. The molecule has 1 atom stereocenters. The number of hydrogen-bond donors (Lipinski definition) is 1. The Balaban J connectivity index is 1.77. The van der Waals surface area contributed by atoms with Crippen molar-refractivity contribution in [2.45, 2.75) is 65.0 Å². The maximum Gasteiger partial charge on any atom is 0.221 e. The lowest BCUT2D eigenvalue weighted by atomic mass is 10.2. The van der Waals surface area contributed by atoms with E-state index in [9.17, 15) is 4.79 Å². The molecule has 2 rings (SSSR count). The predicted molar refractivity (Wildman–Crippen MR) is 86.4 cm³/mol. The smallest absolute Gasteiger partial charge is 0.221 e. The number of amides is 1. The van der Waals surface area contributed by atoms with E-state index in [4.69, 9.17) is 0 Å². The highest BCUT2D eigenvalue weighted by Gasteiger charge is 2.16. The fraction of sp³-hybridized carbons (Fsp3) is 0.812. The van der Waals surface area contributed by atoms with Crippen molar-refractivity contribution in [2.75, 3.05) is 19.6 Å². The van der Waals surface area contributed by atoms with Crippen LogP contribution in [0.5, 0.6) is 0 Å². The Morgan fingerprint density at radius 1 is 1.27 bits per heavy atom. The van der Waals surface area contributed by atoms with E-state index >= 15 is 0 Å². The second-order valence-electron chi connectivity index (χ2n) is 6.14. The molecule has 0 spiro atoms. The van der Waals surface area contributed by atoms with Gasteiger partial charge in [-0.2, -0.15) is 5.10 Å². The summed E-state index contributed by atoms with van der Waals surface area (Å²) in [7, 11) is 0. The SMILES string of the molecule is CCCn1ncnc1[C@H](C)NC(=O)CCN1CCCCCC1. The van der Waals surface area contributed by atoms with Gasteiger partial charge in [-0.1, -0.05) is 19.8 Å². The van der Waals surface area contributed by atoms with Crippen LogP contribution in [-0.2, 0) is 11.3 Å². The maximum absolute atomic E-state index is 12.2. The molecule has 22 heavy (non-hydrogen) atoms. The molecule has 0 aromatic carbocycles. The molecule has 1 fully saturated rings. The van der Waals surface area contributed by atoms with Gasteiger partial charge in [0.05, 0.1) is 6.04 Å². The summed E-state index contributed by atoms with van der Waals surface area (Å²) < 4.78 is 1.87. The Morgan fingerprint density at radius 2 is 2.00 bits per heavy atom. The summed E-state index contributed by atoms with van der Waals surface area (Å²) in [6, 6.07) is -0.0920. The van der Waals surface area contributed by atoms with E-state index in [0.717, 1.165) is 38.4 Å². The summed E-state index contributed by atoms with van der Waals surface area (Å²) >= 11 is 0. The zero-order valence-electron chi connectivity index (χ0n) is 13.9. The van der Waals surface area contributed by atoms with Crippen LogP contribution in [0.15, 0.2) is 6.33 Å². The van der Waals surface area contributed by atoms with E-state index in [1.165, 1.54) is 25.7 Å². The van der Waals surface area contributed by atoms with Crippen LogP contribution in [0.25, 0.3) is 0 Å². The normalized spacial score (nSPS) is 17.9. The highest BCUT2D eigenvalue weighted by atomic mass is 16.1. The van der Waals surface area contributed by atoms with E-state index in [1.54, 1.807) is 6.33 Å². The first-order valence-electron chi connectivity index (χ1n) is 8.60. The van der Waals surface area contributed by atoms with Gasteiger partial charge in [0.25, 0.3) is 0 Å². The fourth-order valence-electron chi connectivity index (χ4n) is 2.99. The van der Waals surface area contributed by atoms with Crippen molar-refractivity contribution in [3.63, 3.8) is 0 Å². The van der Waals surface area contributed by atoms with Gasteiger partial charge in [-0.3, -0.25) is 4.79 Å². The second kappa shape index (κ2) is 8.88. The number of nitrogens with one attached hydrogen (secondary N) is 1. The van der Waals surface area contributed by atoms with Crippen LogP contribution in [0, 0.1) is 0 Å². The molecule has 1 amide bonds. The molecular formula is C16H29N5O. The van der Waals surface area contributed by atoms with Crippen molar-refractivity contribution in [1.82, 2.24) is 25.0 Å². The van der Waals surface area contributed by atoms with Gasteiger partial charge in [-0.05, 0) is 39.3 Å². The van der Waals surface area contributed by atoms with Crippen molar-refractivity contribution in [2.24, 2.45) is 0 Å². The average Bonchev–Trinajstić information content (AvgIpc) is 2.81. The topological polar surface area (TPSA) is 63.1 Å². The van der Waals surface area contributed by atoms with Crippen LogP contribution in [0.4, 0.5) is 0 Å². The number of likely N-dealkylation sites (tertiary alicyclic amines) is 1. The van der Waals surface area contributed by atoms with E-state index in [1.807, 2.05) is 11.6 Å². The molecule has 0 bridgehead atoms. The van der Waals surface area contributed by atoms with Crippen molar-refractivity contribution in [1.29, 1.82) is 0 Å². The predicted octanol–water partition coefficient (Wildman–Crippen LogP) is 2.13. The summed E-state index contributed by atoms with van der Waals surface area (Å²) in [6.07, 6.45) is 8.30. The Labute approximate surface area is 133 Å². The van der Waals surface area contributed by atoms with Crippen LogP contribution >= 0.6 is 0 Å². The molecule has 1 N–H and O–H groups in total. The molecule has 6 heteroatoms. The molecule has 124 valence electrons. The maximum atomic E-state index is 12.2. The average molecular weight is 307 g/mol. The van der Waals surface area contributed by atoms with E-state index < -0.39 is 0 Å². The first-order chi connectivity index (χ1) is 10.7. The summed E-state index contributed by atoms with van der Waals surface area (Å²) in [5.74, 6) is 0.938. The van der Waals surface area contributed by atoms with Crippen LogP contribution in [0.1, 0.15) is 64.2 Å². The largest absolute Gasteiger partial charge is 0.346 e. The Kier molecular flexibility index (Phi) is 6.83. The van der Waals surface area contributed by atoms with Crippen LogP contribution in [0.3, 0.4) is 0 Å². The molecular weight excluding hydrogens is 278 g/mol. The quantitative estimate of drug-likeness (QED) is 0.838. The van der Waals surface area contributed by atoms with Gasteiger partial charge in [0.1, 0.15) is 12.2 Å². The number of nitrogens with zero attached hydrogens (tertiary/aromatic N) is 4. The summed E-state index contributed by atoms with van der Waals surface area (Å²) in [4.78, 5) is 18.8. The van der Waals surface area contributed by atoms with Gasteiger partial charge in [0.15, 0.2) is 0 Å². The van der Waals surface area contributed by atoms with Gasteiger partial charge < -0.3 is 10.2 Å². The van der Waals surface area contributed by atoms with Crippen molar-refractivity contribution in [3.05, 3.63) is 12.2 Å². The highest BCUT2D eigenvalue weighted by Crippen LogP contribution is 2.11. The van der Waals surface area contributed by atoms with Crippen LogP contribution < -0.4 is 5.32 Å². The van der Waals surface area contributed by atoms with Crippen molar-refractivity contribution < 1.29 is 4.79 Å². The molecule has 0 aliphatic carbocycles. The Hall–Kier alpha value is -1.43. The Bertz CT molecular complexity index is 451. The number of aromatic nitrogens is 3. The van der Waals surface area contributed by atoms with Crippen LogP contribution in [0.2, 0.25) is 0 Å². The Morgan fingerprint density at radius 3 is 2.68 bits per heavy atom. The van der Waals surface area contributed by atoms with E-state index in [0.29, 0.717) is 6.42 Å². The van der Waals surface area contributed by atoms with Gasteiger partial charge >= 0.3 is 0 Å². The van der Waals surface area contributed by atoms with E-state index in [-0.39, 0.29) is 11.9 Å². The number of hydrogen-bond acceptors (Lipinski definition) is 4. The molecule has 0 saturated carbocycles. The zero-order chi connectivity index (χ0) is 15.8. The lowest BCUT2D eigenvalue weighted by molar-refractivity contribution is -0.122. The number of carbonyl (C=O) groups excluding carboxylic acids is 1. The molecule has 1 saturated heterocycles. The standard InChI is InChI=1S/C16H29N5O/c1-3-9-21-16(17-13-18-21)14(2)19-15(22)8-12-20-10-6-4-5-7-11-20/h13-14H,3-12H2,1-2H3,(H,19,22)/t14-/m0/s1. The molecule has 1 aromatic rings. The first kappa shape index (κ1) is 16.9. The lowest BCUT2D eigenvalue weighted by Gasteiger charge is -2.20. The summed E-state index contributed by atoms with van der Waals surface area (Å²) in [5, 5.41) is 7.26. The van der Waals surface area contributed by atoms with Gasteiger partial charge in [0, 0.05) is 19.5 Å². The molecule has 0 radical (unpaired) electrons. The molecule has 2 heterocycles. The third-order valence-electron chi connectivity index (χ3n) is 4.20. The van der Waals surface area contributed by atoms with Gasteiger partial charge in [-0.25, -0.2) is 9.67 Å². The zero-order valence-corrected chi connectivity index (χ0v) is 13.9. The second-order valence-corrected chi connectivity index (χ2v) is 6.14. The number of aryl methyl sites for hydroxylation is 1. The minimum absolute atomic E-state index is 0.0920. The van der Waals surface area contributed by atoms with Crippen molar-refractivity contribution in [3.8, 4) is 0 Å². The van der Waals surface area contributed by atoms with E-state index in [2.05, 4.69) is 27.2 Å². The summed E-state index contributed by atoms with van der Waals surface area (Å²) in [5.41, 5.74) is 0. The number of carbonyl (C=O) groups is 1. The molecule has 0 unspecified atom stereocenters. The van der Waals surface area contributed by atoms with Gasteiger partial charge in [0.2, 0.25) is 5.91 Å². The highest BCUT2D eigenvalue weighted by molar-refractivity contribution is 5.76. The van der Waals surface area contributed by atoms with Gasteiger partial charge in [-0.15, -0.1) is 0 Å². The first-order valence-corrected chi connectivity index (χ1v) is 8.60. The molecule has 1 aliphatic heterocycles. The minimum Gasteiger partial charge on any atom is -0.346 e. The minimum atomic E-state index is -0.0920.